The van der Waals surface area contributed by atoms with Gasteiger partial charge in [-0.3, -0.25) is 15.0 Å². The molecule has 240 valence electrons. The van der Waals surface area contributed by atoms with Crippen molar-refractivity contribution in [3.8, 4) is 0 Å². The van der Waals surface area contributed by atoms with Gasteiger partial charge in [0.05, 0.1) is 11.0 Å². The molecule has 1 aliphatic heterocycles. The fourth-order valence-corrected chi connectivity index (χ4v) is 5.91. The van der Waals surface area contributed by atoms with E-state index in [0.29, 0.717) is 18.5 Å². The number of amides is 3. The van der Waals surface area contributed by atoms with Crippen molar-refractivity contribution in [1.82, 2.24) is 15.5 Å². The summed E-state index contributed by atoms with van der Waals surface area (Å²) in [5, 5.41) is 16.4. The Morgan fingerprint density at radius 2 is 1.77 bits per heavy atom. The molecule has 0 bridgehead atoms. The first-order valence-electron chi connectivity index (χ1n) is 14.2. The number of alkyl carbamates (subject to hydrolysis) is 2. The molecule has 1 heterocycles. The Kier molecular flexibility index (Phi) is 12.1. The molecule has 43 heavy (non-hydrogen) atoms. The summed E-state index contributed by atoms with van der Waals surface area (Å²) in [4.78, 5) is 51.2. The van der Waals surface area contributed by atoms with Crippen LogP contribution in [0.1, 0.15) is 53.5 Å². The quantitative estimate of drug-likeness (QED) is 0.113. The van der Waals surface area contributed by atoms with Crippen molar-refractivity contribution < 1.29 is 37.9 Å². The summed E-state index contributed by atoms with van der Waals surface area (Å²) in [5.41, 5.74) is -1.91. The van der Waals surface area contributed by atoms with Crippen LogP contribution in [-0.4, -0.2) is 74.2 Å². The molecule has 3 atom stereocenters. The Morgan fingerprint density at radius 3 is 2.28 bits per heavy atom. The number of ether oxygens (including phenoxy) is 3. The van der Waals surface area contributed by atoms with Crippen LogP contribution < -0.4 is 10.6 Å². The number of carbonyl (C=O) groups excluding carboxylic acids is 3. The maximum atomic E-state index is 13.7. The van der Waals surface area contributed by atoms with Crippen molar-refractivity contribution in [3.05, 3.63) is 52.6 Å². The number of benzene rings is 1. The van der Waals surface area contributed by atoms with Crippen molar-refractivity contribution in [2.24, 2.45) is 11.3 Å². The predicted molar refractivity (Wildman–Crippen MR) is 163 cm³/mol. The number of nitrogens with zero attached hydrogens (tertiary/aromatic N) is 2. The van der Waals surface area contributed by atoms with Crippen LogP contribution in [0.5, 0.6) is 0 Å². The van der Waals surface area contributed by atoms with Gasteiger partial charge < -0.3 is 29.3 Å². The van der Waals surface area contributed by atoms with Crippen molar-refractivity contribution in [1.29, 1.82) is 0 Å². The number of nitro benzene ring substituents is 1. The van der Waals surface area contributed by atoms with E-state index in [1.54, 1.807) is 20.8 Å². The predicted octanol–water partition coefficient (Wildman–Crippen LogP) is 5.10. The van der Waals surface area contributed by atoms with E-state index in [-0.39, 0.29) is 36.8 Å². The van der Waals surface area contributed by atoms with Crippen LogP contribution in [-0.2, 0) is 25.2 Å². The van der Waals surface area contributed by atoms with Crippen LogP contribution >= 0.6 is 0 Å². The zero-order valence-corrected chi connectivity index (χ0v) is 27.6. The highest BCUT2D eigenvalue weighted by molar-refractivity contribution is 6.48. The molecule has 0 saturated carbocycles. The van der Waals surface area contributed by atoms with E-state index in [1.807, 2.05) is 13.1 Å². The summed E-state index contributed by atoms with van der Waals surface area (Å²) in [7, 11) is -1.89. The molecule has 0 aliphatic carbocycles. The minimum Gasteiger partial charge on any atom is -0.445 e. The van der Waals surface area contributed by atoms with Gasteiger partial charge in [-0.15, -0.1) is 0 Å². The van der Waals surface area contributed by atoms with E-state index >= 15 is 0 Å². The number of hydrogen-bond donors (Lipinski definition) is 2. The Morgan fingerprint density at radius 1 is 1.14 bits per heavy atom. The minimum atomic E-state index is -1.89. The van der Waals surface area contributed by atoms with Gasteiger partial charge in [0.15, 0.2) is 14.8 Å². The van der Waals surface area contributed by atoms with Gasteiger partial charge in [0, 0.05) is 31.6 Å². The average Bonchev–Trinajstić information content (AvgIpc) is 3.28. The minimum absolute atomic E-state index is 0.0321. The van der Waals surface area contributed by atoms with E-state index in [4.69, 9.17) is 18.6 Å². The molecule has 14 heteroatoms. The molecule has 1 unspecified atom stereocenters. The van der Waals surface area contributed by atoms with Crippen LogP contribution in [0.2, 0.25) is 13.1 Å². The van der Waals surface area contributed by atoms with Gasteiger partial charge >= 0.3 is 18.3 Å². The van der Waals surface area contributed by atoms with E-state index in [1.165, 1.54) is 35.2 Å². The number of rotatable bonds is 11. The van der Waals surface area contributed by atoms with Crippen molar-refractivity contribution >= 4 is 33.0 Å². The Hall–Kier alpha value is -3.65. The Labute approximate surface area is 255 Å². The summed E-state index contributed by atoms with van der Waals surface area (Å²) in [6.45, 7) is 19.0. The number of nitrogens with one attached hydrogen (secondary N) is 2. The first-order chi connectivity index (χ1) is 19.9. The second-order valence-corrected chi connectivity index (χ2v) is 15.2. The molecular formula is C29H46N4O9Si. The molecule has 2 N–H and O–H groups in total. The zero-order chi connectivity index (χ0) is 32.6. The van der Waals surface area contributed by atoms with Crippen LogP contribution in [0.15, 0.2) is 36.9 Å². The third-order valence-corrected chi connectivity index (χ3v) is 7.69. The second-order valence-electron chi connectivity index (χ2n) is 12.8. The highest BCUT2D eigenvalue weighted by Crippen LogP contribution is 2.45. The van der Waals surface area contributed by atoms with Gasteiger partial charge in [-0.2, -0.15) is 0 Å². The molecule has 3 amide bonds. The van der Waals surface area contributed by atoms with Crippen LogP contribution in [0.25, 0.3) is 0 Å². The molecule has 1 fully saturated rings. The fourth-order valence-electron chi connectivity index (χ4n) is 4.70. The lowest BCUT2D eigenvalue weighted by Gasteiger charge is -2.45. The molecule has 1 saturated heterocycles. The maximum absolute atomic E-state index is 13.7. The van der Waals surface area contributed by atoms with Crippen LogP contribution in [0, 0.1) is 21.4 Å². The van der Waals surface area contributed by atoms with Gasteiger partial charge in [0.2, 0.25) is 0 Å². The van der Waals surface area contributed by atoms with Crippen LogP contribution in [0.3, 0.4) is 0 Å². The maximum Gasteiger partial charge on any atom is 0.412 e. The number of hydrogen-bond acceptors (Lipinski definition) is 9. The Balaban J connectivity index is 2.40. The van der Waals surface area contributed by atoms with Crippen molar-refractivity contribution in [3.63, 3.8) is 0 Å². The summed E-state index contributed by atoms with van der Waals surface area (Å²) < 4.78 is 23.0. The number of nitro groups is 1. The number of non-ortho nitro benzene ring substituents is 1. The number of likely N-dealkylation sites (tertiary alicyclic amines) is 1. The van der Waals surface area contributed by atoms with E-state index in [9.17, 15) is 24.5 Å². The largest absolute Gasteiger partial charge is 0.445 e. The average molecular weight is 623 g/mol. The molecule has 0 radical (unpaired) electrons. The molecule has 0 aromatic heterocycles. The lowest BCUT2D eigenvalue weighted by atomic mass is 9.78. The van der Waals surface area contributed by atoms with E-state index < -0.39 is 49.6 Å². The Bertz CT molecular complexity index is 1150. The molecular weight excluding hydrogens is 576 g/mol. The SMILES string of the molecule is C=CCOC(=O)NC(CNC(=O)OCc1ccc([N+](=O)[O-])cc1)[C@@]1(O[SiH](C)C)C[C@H](C(C)(C)C)CN1C(=O)OC(C)(C)C. The van der Waals surface area contributed by atoms with Gasteiger partial charge in [0.25, 0.3) is 5.69 Å². The third kappa shape index (κ3) is 10.5. The van der Waals surface area contributed by atoms with E-state index in [2.05, 4.69) is 38.0 Å². The van der Waals surface area contributed by atoms with Gasteiger partial charge in [-0.05, 0) is 62.9 Å². The van der Waals surface area contributed by atoms with Crippen LogP contribution in [0.4, 0.5) is 20.1 Å². The van der Waals surface area contributed by atoms with Gasteiger partial charge in [-0.25, -0.2) is 14.4 Å². The molecule has 0 spiro atoms. The first-order valence-corrected chi connectivity index (χ1v) is 17.0. The summed E-state index contributed by atoms with van der Waals surface area (Å²) >= 11 is 0. The molecule has 1 aliphatic rings. The standard InChI is InChI=1S/C29H46N4O9Si/c1-10-15-39-25(35)31-23(17-30-24(34)40-19-20-11-13-22(14-12-20)33(37)38)29(42-43(8)9)16-21(27(2,3)4)18-32(29)26(36)41-28(5,6)7/h10-14,21,23,43H,1,15-19H2,2-9H3,(H,30,34)(H,31,35)/t21-,23?,29-/m0/s1. The smallest absolute Gasteiger partial charge is 0.412 e. The molecule has 2 rings (SSSR count). The van der Waals surface area contributed by atoms with Gasteiger partial charge in [-0.1, -0.05) is 33.4 Å². The first kappa shape index (κ1) is 35.5. The molecule has 1 aromatic rings. The second kappa shape index (κ2) is 14.7. The summed E-state index contributed by atoms with van der Waals surface area (Å²) in [5.74, 6) is -0.0321. The highest BCUT2D eigenvalue weighted by Gasteiger charge is 2.57. The third-order valence-electron chi connectivity index (χ3n) is 6.81. The summed E-state index contributed by atoms with van der Waals surface area (Å²) in [6.07, 6.45) is -0.375. The topological polar surface area (TPSA) is 159 Å². The molecule has 13 nitrogen and oxygen atoms in total. The van der Waals surface area contributed by atoms with Crippen molar-refractivity contribution in [2.45, 2.75) is 85.0 Å². The normalized spacial score (nSPS) is 19.4. The monoisotopic (exact) mass is 622 g/mol. The summed E-state index contributed by atoms with van der Waals surface area (Å²) in [6, 6.07) is 4.67. The van der Waals surface area contributed by atoms with E-state index in [0.717, 1.165) is 0 Å². The van der Waals surface area contributed by atoms with Crippen molar-refractivity contribution in [2.75, 3.05) is 19.7 Å². The lowest BCUT2D eigenvalue weighted by molar-refractivity contribution is -0.384. The molecule has 1 aromatic carbocycles. The lowest BCUT2D eigenvalue weighted by Crippen LogP contribution is -2.67. The zero-order valence-electron chi connectivity index (χ0n) is 26.4. The highest BCUT2D eigenvalue weighted by atomic mass is 28.3. The number of carbonyl (C=O) groups is 3. The van der Waals surface area contributed by atoms with Gasteiger partial charge in [0.1, 0.15) is 18.8 Å². The fraction of sp³-hybridized carbons (Fsp3) is 0.621.